The van der Waals surface area contributed by atoms with Crippen LogP contribution in [0.25, 0.3) is 0 Å². The molecular weight excluding hydrogens is 292 g/mol. The minimum absolute atomic E-state index is 0.0688. The number of rotatable bonds is 8. The molecule has 0 aliphatic carbocycles. The SMILES string of the molecule is CCC(CC)N(C)S(=O)(=O)c1ccc(CNC(C)C)s1. The van der Waals surface area contributed by atoms with Gasteiger partial charge in [0.2, 0.25) is 0 Å². The van der Waals surface area contributed by atoms with Crippen LogP contribution in [0, 0.1) is 0 Å². The average Bonchev–Trinajstić information content (AvgIpc) is 2.87. The van der Waals surface area contributed by atoms with E-state index in [2.05, 4.69) is 19.2 Å². The summed E-state index contributed by atoms with van der Waals surface area (Å²) in [6.07, 6.45) is 1.67. The van der Waals surface area contributed by atoms with Gasteiger partial charge in [-0.25, -0.2) is 8.42 Å². The first-order valence-corrected chi connectivity index (χ1v) is 9.38. The second kappa shape index (κ2) is 7.54. The van der Waals surface area contributed by atoms with Crippen molar-refractivity contribution in [2.75, 3.05) is 7.05 Å². The van der Waals surface area contributed by atoms with E-state index in [1.165, 1.54) is 15.6 Å². The number of nitrogens with one attached hydrogen (secondary N) is 1. The molecule has 1 heterocycles. The minimum atomic E-state index is -3.36. The van der Waals surface area contributed by atoms with Gasteiger partial charge in [-0.3, -0.25) is 0 Å². The topological polar surface area (TPSA) is 49.4 Å². The van der Waals surface area contributed by atoms with Crippen molar-refractivity contribution in [2.45, 2.75) is 63.4 Å². The van der Waals surface area contributed by atoms with Crippen LogP contribution in [0.4, 0.5) is 0 Å². The molecule has 0 spiro atoms. The Labute approximate surface area is 127 Å². The molecule has 0 unspecified atom stereocenters. The summed E-state index contributed by atoms with van der Waals surface area (Å²) in [5.74, 6) is 0. The van der Waals surface area contributed by atoms with Crippen LogP contribution >= 0.6 is 11.3 Å². The van der Waals surface area contributed by atoms with Crippen LogP contribution in [0.3, 0.4) is 0 Å². The Morgan fingerprint density at radius 1 is 1.25 bits per heavy atom. The van der Waals surface area contributed by atoms with Gasteiger partial charge in [0.05, 0.1) is 0 Å². The van der Waals surface area contributed by atoms with Crippen molar-refractivity contribution in [1.82, 2.24) is 9.62 Å². The van der Waals surface area contributed by atoms with Crippen LogP contribution in [0.2, 0.25) is 0 Å². The van der Waals surface area contributed by atoms with Crippen LogP contribution < -0.4 is 5.32 Å². The summed E-state index contributed by atoms with van der Waals surface area (Å²) in [6.45, 7) is 8.91. The summed E-state index contributed by atoms with van der Waals surface area (Å²) < 4.78 is 27.1. The second-order valence-electron chi connectivity index (χ2n) is 5.25. The van der Waals surface area contributed by atoms with Gasteiger partial charge in [-0.1, -0.05) is 27.7 Å². The number of hydrogen-bond donors (Lipinski definition) is 1. The first-order chi connectivity index (χ1) is 9.32. The summed E-state index contributed by atoms with van der Waals surface area (Å²) in [7, 11) is -1.68. The van der Waals surface area contributed by atoms with Crippen LogP contribution in [0.15, 0.2) is 16.3 Å². The Hall–Kier alpha value is -0.430. The highest BCUT2D eigenvalue weighted by atomic mass is 32.2. The molecule has 6 heteroatoms. The van der Waals surface area contributed by atoms with E-state index in [-0.39, 0.29) is 6.04 Å². The lowest BCUT2D eigenvalue weighted by Gasteiger charge is -2.24. The summed E-state index contributed by atoms with van der Waals surface area (Å²) in [6, 6.07) is 4.08. The zero-order valence-electron chi connectivity index (χ0n) is 13.0. The standard InChI is InChI=1S/C14H26N2O2S2/c1-6-12(7-2)16(5)20(17,18)14-9-8-13(19-14)10-15-11(3)4/h8-9,11-12,15H,6-7,10H2,1-5H3. The summed E-state index contributed by atoms with van der Waals surface area (Å²) in [4.78, 5) is 1.05. The Bertz CT molecular complexity index is 505. The molecule has 0 fully saturated rings. The molecule has 0 aliphatic heterocycles. The molecule has 4 nitrogen and oxygen atoms in total. The third-order valence-corrected chi connectivity index (χ3v) is 6.87. The number of thiophene rings is 1. The molecule has 1 rings (SSSR count). The molecule has 0 atom stereocenters. The minimum Gasteiger partial charge on any atom is -0.310 e. The van der Waals surface area contributed by atoms with Crippen LogP contribution in [-0.4, -0.2) is 31.9 Å². The molecule has 0 amide bonds. The molecule has 0 aliphatic rings. The predicted octanol–water partition coefficient (Wildman–Crippen LogP) is 3.06. The lowest BCUT2D eigenvalue weighted by Crippen LogP contribution is -2.35. The Morgan fingerprint density at radius 2 is 1.85 bits per heavy atom. The highest BCUT2D eigenvalue weighted by Crippen LogP contribution is 2.26. The van der Waals surface area contributed by atoms with E-state index >= 15 is 0 Å². The monoisotopic (exact) mass is 318 g/mol. The number of sulfonamides is 1. The fourth-order valence-corrected chi connectivity index (χ4v) is 5.03. The third-order valence-electron chi connectivity index (χ3n) is 3.41. The molecule has 1 N–H and O–H groups in total. The van der Waals surface area contributed by atoms with Crippen molar-refractivity contribution in [3.63, 3.8) is 0 Å². The molecule has 1 aromatic heterocycles. The van der Waals surface area contributed by atoms with E-state index in [4.69, 9.17) is 0 Å². The van der Waals surface area contributed by atoms with E-state index in [1.54, 1.807) is 13.1 Å². The fourth-order valence-electron chi connectivity index (χ4n) is 2.04. The van der Waals surface area contributed by atoms with Gasteiger partial charge in [-0.15, -0.1) is 11.3 Å². The van der Waals surface area contributed by atoms with E-state index < -0.39 is 10.0 Å². The molecule has 0 bridgehead atoms. The zero-order chi connectivity index (χ0) is 15.3. The van der Waals surface area contributed by atoms with E-state index in [9.17, 15) is 8.42 Å². The maximum Gasteiger partial charge on any atom is 0.252 e. The number of hydrogen-bond acceptors (Lipinski definition) is 4. The zero-order valence-corrected chi connectivity index (χ0v) is 14.6. The highest BCUT2D eigenvalue weighted by Gasteiger charge is 2.27. The average molecular weight is 319 g/mol. The molecule has 0 radical (unpaired) electrons. The van der Waals surface area contributed by atoms with Gasteiger partial charge in [0.15, 0.2) is 0 Å². The van der Waals surface area contributed by atoms with Crippen molar-refractivity contribution in [1.29, 1.82) is 0 Å². The van der Waals surface area contributed by atoms with E-state index in [0.717, 1.165) is 17.7 Å². The van der Waals surface area contributed by atoms with E-state index in [1.807, 2.05) is 19.9 Å². The van der Waals surface area contributed by atoms with Gasteiger partial charge < -0.3 is 5.32 Å². The van der Waals surface area contributed by atoms with Gasteiger partial charge in [-0.2, -0.15) is 4.31 Å². The summed E-state index contributed by atoms with van der Waals surface area (Å²) in [5, 5.41) is 3.30. The lowest BCUT2D eigenvalue weighted by atomic mass is 10.2. The lowest BCUT2D eigenvalue weighted by molar-refractivity contribution is 0.350. The molecule has 0 aromatic carbocycles. The van der Waals surface area contributed by atoms with Crippen molar-refractivity contribution in [3.05, 3.63) is 17.0 Å². The smallest absolute Gasteiger partial charge is 0.252 e. The predicted molar refractivity (Wildman–Crippen MR) is 85.6 cm³/mol. The van der Waals surface area contributed by atoms with Crippen LogP contribution in [0.1, 0.15) is 45.4 Å². The Kier molecular flexibility index (Phi) is 6.64. The molecule has 0 saturated heterocycles. The third kappa shape index (κ3) is 4.28. The summed E-state index contributed by atoms with van der Waals surface area (Å²) in [5.41, 5.74) is 0. The normalized spacial score (nSPS) is 12.8. The number of nitrogens with zero attached hydrogens (tertiary/aromatic N) is 1. The Balaban J connectivity index is 2.87. The first-order valence-electron chi connectivity index (χ1n) is 7.13. The molecule has 1 aromatic rings. The van der Waals surface area contributed by atoms with Crippen molar-refractivity contribution in [3.8, 4) is 0 Å². The summed E-state index contributed by atoms with van der Waals surface area (Å²) >= 11 is 1.36. The molecule has 20 heavy (non-hydrogen) atoms. The highest BCUT2D eigenvalue weighted by molar-refractivity contribution is 7.91. The quantitative estimate of drug-likeness (QED) is 0.801. The largest absolute Gasteiger partial charge is 0.310 e. The maximum atomic E-state index is 12.6. The first kappa shape index (κ1) is 17.6. The van der Waals surface area contributed by atoms with Gasteiger partial charge in [0.25, 0.3) is 10.0 Å². The fraction of sp³-hybridized carbons (Fsp3) is 0.714. The van der Waals surface area contributed by atoms with Crippen molar-refractivity contribution in [2.24, 2.45) is 0 Å². The second-order valence-corrected chi connectivity index (χ2v) is 8.64. The van der Waals surface area contributed by atoms with Gasteiger partial charge >= 0.3 is 0 Å². The van der Waals surface area contributed by atoms with Gasteiger partial charge in [0.1, 0.15) is 4.21 Å². The Morgan fingerprint density at radius 3 is 2.35 bits per heavy atom. The molecule has 0 saturated carbocycles. The van der Waals surface area contributed by atoms with E-state index in [0.29, 0.717) is 16.8 Å². The van der Waals surface area contributed by atoms with Crippen molar-refractivity contribution < 1.29 is 8.42 Å². The van der Waals surface area contributed by atoms with Gasteiger partial charge in [0, 0.05) is 30.6 Å². The molecule has 116 valence electrons. The van der Waals surface area contributed by atoms with Crippen LogP contribution in [-0.2, 0) is 16.6 Å². The maximum absolute atomic E-state index is 12.6. The van der Waals surface area contributed by atoms with Crippen molar-refractivity contribution >= 4 is 21.4 Å². The van der Waals surface area contributed by atoms with Crippen LogP contribution in [0.5, 0.6) is 0 Å². The molecular formula is C14H26N2O2S2. The van der Waals surface area contributed by atoms with Gasteiger partial charge in [-0.05, 0) is 25.0 Å².